The second kappa shape index (κ2) is 4.90. The third-order valence-electron chi connectivity index (χ3n) is 3.52. The largest absolute Gasteiger partial charge is 0.496 e. The highest BCUT2D eigenvalue weighted by Gasteiger charge is 2.32. The van der Waals surface area contributed by atoms with E-state index in [0.29, 0.717) is 18.8 Å². The zero-order chi connectivity index (χ0) is 13.3. The molecule has 1 fully saturated rings. The third kappa shape index (κ3) is 2.37. The molecule has 1 aliphatic heterocycles. The number of aryl methyl sites for hydroxylation is 2. The lowest BCUT2D eigenvalue weighted by molar-refractivity contribution is 0.406. The van der Waals surface area contributed by atoms with Crippen LogP contribution in [0.3, 0.4) is 0 Å². The van der Waals surface area contributed by atoms with Gasteiger partial charge in [0.15, 0.2) is 9.84 Å². The van der Waals surface area contributed by atoms with Gasteiger partial charge >= 0.3 is 0 Å². The Bertz CT molecular complexity index is 552. The standard InChI is InChI=1S/C13H19NO3S/c1-9-6-11(12(17-3)7-10(9)2)13-8-14-4-5-18(13,15)16/h6-7,13-14H,4-5,8H2,1-3H3. The van der Waals surface area contributed by atoms with E-state index in [2.05, 4.69) is 5.32 Å². The second-order valence-corrected chi connectivity index (χ2v) is 7.04. The fraction of sp³-hybridized carbons (Fsp3) is 0.538. The van der Waals surface area contributed by atoms with Crippen molar-refractivity contribution in [2.45, 2.75) is 19.1 Å². The molecule has 1 heterocycles. The average molecular weight is 269 g/mol. The van der Waals surface area contributed by atoms with Gasteiger partial charge in [-0.25, -0.2) is 8.42 Å². The SMILES string of the molecule is COc1cc(C)c(C)cc1C1CNCCS1(=O)=O. The lowest BCUT2D eigenvalue weighted by Gasteiger charge is -2.25. The molecule has 4 nitrogen and oxygen atoms in total. The van der Waals surface area contributed by atoms with Crippen molar-refractivity contribution in [1.82, 2.24) is 5.32 Å². The molecule has 1 saturated heterocycles. The van der Waals surface area contributed by atoms with Crippen LogP contribution in [0.4, 0.5) is 0 Å². The van der Waals surface area contributed by atoms with Crippen molar-refractivity contribution in [3.05, 3.63) is 28.8 Å². The number of ether oxygens (including phenoxy) is 1. The monoisotopic (exact) mass is 269 g/mol. The van der Waals surface area contributed by atoms with Gasteiger partial charge in [-0.05, 0) is 31.0 Å². The van der Waals surface area contributed by atoms with E-state index in [4.69, 9.17) is 4.74 Å². The van der Waals surface area contributed by atoms with E-state index < -0.39 is 15.1 Å². The van der Waals surface area contributed by atoms with Crippen LogP contribution in [0.1, 0.15) is 21.9 Å². The highest BCUT2D eigenvalue weighted by Crippen LogP contribution is 2.34. The molecular weight excluding hydrogens is 250 g/mol. The van der Waals surface area contributed by atoms with Crippen molar-refractivity contribution in [2.24, 2.45) is 0 Å². The van der Waals surface area contributed by atoms with Crippen LogP contribution in [-0.2, 0) is 9.84 Å². The Balaban J connectivity index is 2.52. The van der Waals surface area contributed by atoms with Crippen LogP contribution < -0.4 is 10.1 Å². The van der Waals surface area contributed by atoms with Gasteiger partial charge in [-0.3, -0.25) is 0 Å². The summed E-state index contributed by atoms with van der Waals surface area (Å²) in [6, 6.07) is 3.85. The smallest absolute Gasteiger partial charge is 0.159 e. The second-order valence-electron chi connectivity index (χ2n) is 4.74. The van der Waals surface area contributed by atoms with E-state index in [-0.39, 0.29) is 5.75 Å². The first-order valence-corrected chi connectivity index (χ1v) is 7.74. The number of sulfone groups is 1. The Labute approximate surface area is 108 Å². The highest BCUT2D eigenvalue weighted by atomic mass is 32.2. The minimum Gasteiger partial charge on any atom is -0.496 e. The van der Waals surface area contributed by atoms with Gasteiger partial charge in [0.05, 0.1) is 12.9 Å². The van der Waals surface area contributed by atoms with Gasteiger partial charge in [0, 0.05) is 18.7 Å². The normalized spacial score (nSPS) is 22.7. The summed E-state index contributed by atoms with van der Waals surface area (Å²) in [5.41, 5.74) is 2.97. The predicted molar refractivity (Wildman–Crippen MR) is 71.9 cm³/mol. The van der Waals surface area contributed by atoms with E-state index in [1.54, 1.807) is 7.11 Å². The van der Waals surface area contributed by atoms with Crippen LogP contribution in [0.25, 0.3) is 0 Å². The number of hydrogen-bond acceptors (Lipinski definition) is 4. The number of hydrogen-bond donors (Lipinski definition) is 1. The number of nitrogens with one attached hydrogen (secondary N) is 1. The number of methoxy groups -OCH3 is 1. The fourth-order valence-electron chi connectivity index (χ4n) is 2.26. The van der Waals surface area contributed by atoms with Crippen molar-refractivity contribution >= 4 is 9.84 Å². The van der Waals surface area contributed by atoms with Crippen LogP contribution in [0.5, 0.6) is 5.75 Å². The first-order valence-electron chi connectivity index (χ1n) is 6.03. The summed E-state index contributed by atoms with van der Waals surface area (Å²) in [5.74, 6) is 0.851. The first-order chi connectivity index (χ1) is 8.45. The molecule has 100 valence electrons. The maximum absolute atomic E-state index is 12.2. The summed E-state index contributed by atoms with van der Waals surface area (Å²) < 4.78 is 29.6. The summed E-state index contributed by atoms with van der Waals surface area (Å²) in [5, 5.41) is 2.64. The molecule has 1 N–H and O–H groups in total. The van der Waals surface area contributed by atoms with Gasteiger partial charge < -0.3 is 10.1 Å². The van der Waals surface area contributed by atoms with Crippen LogP contribution in [-0.4, -0.2) is 34.4 Å². The Kier molecular flexibility index (Phi) is 3.64. The van der Waals surface area contributed by atoms with Crippen LogP contribution in [0.15, 0.2) is 12.1 Å². The Hall–Kier alpha value is -1.07. The zero-order valence-corrected chi connectivity index (χ0v) is 11.8. The lowest BCUT2D eigenvalue weighted by Crippen LogP contribution is -2.38. The summed E-state index contributed by atoms with van der Waals surface area (Å²) >= 11 is 0. The topological polar surface area (TPSA) is 55.4 Å². The summed E-state index contributed by atoms with van der Waals surface area (Å²) in [7, 11) is -1.50. The third-order valence-corrected chi connectivity index (χ3v) is 5.58. The minimum atomic E-state index is -3.08. The molecule has 2 rings (SSSR count). The minimum absolute atomic E-state index is 0.188. The Morgan fingerprint density at radius 3 is 2.56 bits per heavy atom. The summed E-state index contributed by atoms with van der Waals surface area (Å²) in [6.07, 6.45) is 0. The van der Waals surface area contributed by atoms with Gasteiger partial charge in [0.1, 0.15) is 11.0 Å². The maximum Gasteiger partial charge on any atom is 0.159 e. The maximum atomic E-state index is 12.2. The summed E-state index contributed by atoms with van der Waals surface area (Å²) in [6.45, 7) is 4.98. The van der Waals surface area contributed by atoms with Crippen LogP contribution in [0, 0.1) is 13.8 Å². The molecule has 0 spiro atoms. The Morgan fingerprint density at radius 1 is 1.28 bits per heavy atom. The number of rotatable bonds is 2. The molecule has 1 aromatic rings. The van der Waals surface area contributed by atoms with Gasteiger partial charge in [-0.2, -0.15) is 0 Å². The molecule has 0 radical (unpaired) electrons. The quantitative estimate of drug-likeness (QED) is 0.881. The molecule has 1 unspecified atom stereocenters. The molecule has 18 heavy (non-hydrogen) atoms. The zero-order valence-electron chi connectivity index (χ0n) is 11.0. The van der Waals surface area contributed by atoms with Crippen molar-refractivity contribution in [2.75, 3.05) is 26.0 Å². The average Bonchev–Trinajstić information content (AvgIpc) is 2.32. The molecule has 0 aliphatic carbocycles. The van der Waals surface area contributed by atoms with E-state index in [0.717, 1.165) is 16.7 Å². The highest BCUT2D eigenvalue weighted by molar-refractivity contribution is 7.91. The van der Waals surface area contributed by atoms with Crippen LogP contribution in [0.2, 0.25) is 0 Å². The van der Waals surface area contributed by atoms with Crippen molar-refractivity contribution in [3.8, 4) is 5.75 Å². The van der Waals surface area contributed by atoms with Crippen molar-refractivity contribution in [3.63, 3.8) is 0 Å². The van der Waals surface area contributed by atoms with E-state index in [1.807, 2.05) is 26.0 Å². The molecule has 0 saturated carbocycles. The van der Waals surface area contributed by atoms with Gasteiger partial charge in [0.25, 0.3) is 0 Å². The van der Waals surface area contributed by atoms with Gasteiger partial charge in [0.2, 0.25) is 0 Å². The van der Waals surface area contributed by atoms with E-state index >= 15 is 0 Å². The van der Waals surface area contributed by atoms with Gasteiger partial charge in [-0.15, -0.1) is 0 Å². The van der Waals surface area contributed by atoms with Crippen LogP contribution >= 0.6 is 0 Å². The van der Waals surface area contributed by atoms with E-state index in [1.165, 1.54) is 0 Å². The molecule has 0 bridgehead atoms. The molecule has 1 aromatic carbocycles. The molecule has 5 heteroatoms. The lowest BCUT2D eigenvalue weighted by atomic mass is 10.0. The predicted octanol–water partition coefficient (Wildman–Crippen LogP) is 1.37. The molecule has 0 amide bonds. The van der Waals surface area contributed by atoms with E-state index in [9.17, 15) is 8.42 Å². The van der Waals surface area contributed by atoms with Crippen molar-refractivity contribution < 1.29 is 13.2 Å². The first kappa shape index (κ1) is 13.4. The fourth-order valence-corrected chi connectivity index (χ4v) is 3.92. The van der Waals surface area contributed by atoms with Gasteiger partial charge in [-0.1, -0.05) is 6.07 Å². The molecule has 1 aliphatic rings. The number of benzene rings is 1. The molecule has 0 aromatic heterocycles. The Morgan fingerprint density at radius 2 is 1.94 bits per heavy atom. The van der Waals surface area contributed by atoms with Crippen molar-refractivity contribution in [1.29, 1.82) is 0 Å². The summed E-state index contributed by atoms with van der Waals surface area (Å²) in [4.78, 5) is 0. The molecular formula is C13H19NO3S. The molecule has 1 atom stereocenters.